The highest BCUT2D eigenvalue weighted by molar-refractivity contribution is 5.68. The first kappa shape index (κ1) is 22.9. The Morgan fingerprint density at radius 3 is 2.26 bits per heavy atom. The second-order valence-corrected chi connectivity index (χ2v) is 6.62. The first-order valence-electron chi connectivity index (χ1n) is 8.91. The molecule has 1 unspecified atom stereocenters. The van der Waals surface area contributed by atoms with Crippen LogP contribution in [0.1, 0.15) is 46.5 Å². The highest BCUT2D eigenvalue weighted by Gasteiger charge is 2.33. The Morgan fingerprint density at radius 1 is 1.33 bits per heavy atom. The molecule has 2 aromatic heterocycles. The molecular weight excluding hydrogens is 365 g/mol. The van der Waals surface area contributed by atoms with Gasteiger partial charge in [-0.15, -0.1) is 0 Å². The number of hydrogen-bond donors (Lipinski definition) is 2. The van der Waals surface area contributed by atoms with E-state index in [-0.39, 0.29) is 11.2 Å². The van der Waals surface area contributed by atoms with Crippen LogP contribution in [-0.2, 0) is 13.6 Å². The lowest BCUT2D eigenvalue weighted by atomic mass is 9.85. The van der Waals surface area contributed by atoms with Crippen LogP contribution in [0.3, 0.4) is 0 Å². The number of nitrogens with one attached hydrogen (secondary N) is 1. The minimum absolute atomic E-state index is 0.240. The molecule has 1 aliphatic carbocycles. The molecule has 2 N–H and O–H groups in total. The molecule has 10 heteroatoms. The van der Waals surface area contributed by atoms with Crippen molar-refractivity contribution in [3.05, 3.63) is 27.2 Å². The van der Waals surface area contributed by atoms with Gasteiger partial charge in [-0.2, -0.15) is 13.2 Å². The van der Waals surface area contributed by atoms with Crippen LogP contribution in [0, 0.1) is 5.92 Å². The summed E-state index contributed by atoms with van der Waals surface area (Å²) in [6, 6.07) is 0. The van der Waals surface area contributed by atoms with Gasteiger partial charge >= 0.3 is 11.9 Å². The van der Waals surface area contributed by atoms with Gasteiger partial charge in [0.05, 0.1) is 6.33 Å². The molecule has 1 fully saturated rings. The van der Waals surface area contributed by atoms with Gasteiger partial charge in [0.1, 0.15) is 6.10 Å². The van der Waals surface area contributed by atoms with E-state index in [1.54, 1.807) is 11.6 Å². The molecule has 154 valence electrons. The number of hydrogen-bond acceptors (Lipinski definition) is 4. The molecule has 0 bridgehead atoms. The van der Waals surface area contributed by atoms with Crippen LogP contribution in [0.4, 0.5) is 13.2 Å². The third-order valence-corrected chi connectivity index (χ3v) is 3.99. The van der Waals surface area contributed by atoms with E-state index in [2.05, 4.69) is 23.8 Å². The average Bonchev–Trinajstić information content (AvgIpc) is 2.86. The summed E-state index contributed by atoms with van der Waals surface area (Å²) in [7, 11) is 1.75. The third kappa shape index (κ3) is 6.23. The van der Waals surface area contributed by atoms with Crippen LogP contribution in [0.25, 0.3) is 11.2 Å². The van der Waals surface area contributed by atoms with Crippen molar-refractivity contribution in [3.63, 3.8) is 0 Å². The summed E-state index contributed by atoms with van der Waals surface area (Å²) < 4.78 is 35.7. The second-order valence-electron chi connectivity index (χ2n) is 6.62. The number of H-pyrrole nitrogens is 1. The lowest BCUT2D eigenvalue weighted by Gasteiger charge is -2.25. The summed E-state index contributed by atoms with van der Waals surface area (Å²) in [5.74, 6) is 0.472. The van der Waals surface area contributed by atoms with Gasteiger partial charge in [-0.1, -0.05) is 26.7 Å². The average molecular weight is 392 g/mol. The van der Waals surface area contributed by atoms with Crippen LogP contribution in [0.5, 0.6) is 0 Å². The Balaban J connectivity index is 0.000000308. The van der Waals surface area contributed by atoms with Crippen molar-refractivity contribution in [2.45, 2.75) is 65.3 Å². The molecule has 27 heavy (non-hydrogen) atoms. The van der Waals surface area contributed by atoms with E-state index in [1.807, 2.05) is 0 Å². The highest BCUT2D eigenvalue weighted by Crippen LogP contribution is 2.27. The summed E-state index contributed by atoms with van der Waals surface area (Å²) in [6.07, 6.45) is -0.446. The van der Waals surface area contributed by atoms with Gasteiger partial charge in [-0.05, 0) is 25.7 Å². The van der Waals surface area contributed by atoms with Gasteiger partial charge in [-0.25, -0.2) is 9.78 Å². The SMILES string of the molecule is CC(O)C(F)(F)F.CCC.Cn1cnc2[nH]c(=O)n(CC3CCC3)c(=O)c21. The molecule has 0 aliphatic heterocycles. The minimum atomic E-state index is -4.44. The standard InChI is InChI=1S/C11H14N4O2.C3H5F3O.C3H8/c1-14-6-12-9-8(14)10(16)15(11(17)13-9)5-7-3-2-4-7;1-2(7)3(4,5)6;1-3-2/h6-7H,2-5H2,1H3,(H,13,17);2,7H,1H3;3H2,1-2H3. The topological polar surface area (TPSA) is 92.9 Å². The van der Waals surface area contributed by atoms with Crippen LogP contribution in [-0.4, -0.2) is 36.5 Å². The summed E-state index contributed by atoms with van der Waals surface area (Å²) in [5, 5.41) is 7.76. The molecule has 0 spiro atoms. The zero-order valence-electron chi connectivity index (χ0n) is 16.0. The molecule has 1 atom stereocenters. The molecule has 1 saturated carbocycles. The van der Waals surface area contributed by atoms with Gasteiger partial charge < -0.3 is 9.67 Å². The number of aromatic amines is 1. The maximum Gasteiger partial charge on any atom is 0.414 e. The number of aliphatic hydroxyl groups is 1. The Labute approximate surface area is 154 Å². The first-order valence-corrected chi connectivity index (χ1v) is 8.91. The van der Waals surface area contributed by atoms with Crippen LogP contribution in [0.2, 0.25) is 0 Å². The van der Waals surface area contributed by atoms with Crippen LogP contribution >= 0.6 is 0 Å². The van der Waals surface area contributed by atoms with E-state index in [1.165, 1.54) is 23.7 Å². The van der Waals surface area contributed by atoms with Gasteiger partial charge in [-0.3, -0.25) is 14.3 Å². The fourth-order valence-corrected chi connectivity index (χ4v) is 2.26. The number of aliphatic hydroxyl groups excluding tert-OH is 1. The molecule has 1 aliphatic rings. The normalized spacial score (nSPS) is 15.3. The predicted molar refractivity (Wildman–Crippen MR) is 96.6 cm³/mol. The summed E-state index contributed by atoms with van der Waals surface area (Å²) >= 11 is 0. The Hall–Kier alpha value is -2.10. The predicted octanol–water partition coefficient (Wildman–Crippen LogP) is 2.57. The van der Waals surface area contributed by atoms with E-state index in [9.17, 15) is 22.8 Å². The lowest BCUT2D eigenvalue weighted by molar-refractivity contribution is -0.197. The van der Waals surface area contributed by atoms with Crippen molar-refractivity contribution in [2.75, 3.05) is 0 Å². The number of aryl methyl sites for hydroxylation is 1. The van der Waals surface area contributed by atoms with Crippen molar-refractivity contribution in [1.29, 1.82) is 0 Å². The third-order valence-electron chi connectivity index (χ3n) is 3.99. The van der Waals surface area contributed by atoms with Crippen molar-refractivity contribution in [1.82, 2.24) is 19.1 Å². The van der Waals surface area contributed by atoms with Crippen molar-refractivity contribution in [3.8, 4) is 0 Å². The summed E-state index contributed by atoms with van der Waals surface area (Å²) in [6.45, 7) is 5.45. The minimum Gasteiger partial charge on any atom is -0.384 e. The smallest absolute Gasteiger partial charge is 0.384 e. The number of halogens is 3. The van der Waals surface area contributed by atoms with Crippen molar-refractivity contribution >= 4 is 11.2 Å². The summed E-state index contributed by atoms with van der Waals surface area (Å²) in [4.78, 5) is 30.6. The van der Waals surface area contributed by atoms with E-state index < -0.39 is 12.3 Å². The Morgan fingerprint density at radius 2 is 1.85 bits per heavy atom. The molecule has 0 radical (unpaired) electrons. The molecular formula is C17H27F3N4O3. The molecule has 0 amide bonds. The van der Waals surface area contributed by atoms with Crippen LogP contribution < -0.4 is 11.2 Å². The number of aromatic nitrogens is 4. The Bertz CT molecular complexity index is 833. The molecule has 7 nitrogen and oxygen atoms in total. The maximum atomic E-state index is 12.2. The van der Waals surface area contributed by atoms with E-state index in [0.29, 0.717) is 30.6 Å². The number of rotatable bonds is 2. The molecule has 2 aromatic rings. The highest BCUT2D eigenvalue weighted by atomic mass is 19.4. The molecule has 0 aromatic carbocycles. The van der Waals surface area contributed by atoms with E-state index >= 15 is 0 Å². The largest absolute Gasteiger partial charge is 0.414 e. The van der Waals surface area contributed by atoms with E-state index in [4.69, 9.17) is 5.11 Å². The summed E-state index contributed by atoms with van der Waals surface area (Å²) in [5.41, 5.74) is 0.236. The zero-order valence-corrected chi connectivity index (χ0v) is 16.0. The number of fused-ring (bicyclic) bond motifs is 1. The number of alkyl halides is 3. The quantitative estimate of drug-likeness (QED) is 0.822. The van der Waals surface area contributed by atoms with Gasteiger partial charge in [0.15, 0.2) is 11.2 Å². The molecule has 0 saturated heterocycles. The first-order chi connectivity index (χ1) is 12.5. The van der Waals surface area contributed by atoms with Gasteiger partial charge in [0.2, 0.25) is 0 Å². The molecule has 2 heterocycles. The Kier molecular flexibility index (Phi) is 8.26. The lowest BCUT2D eigenvalue weighted by Crippen LogP contribution is -2.38. The van der Waals surface area contributed by atoms with Crippen molar-refractivity contribution in [2.24, 2.45) is 13.0 Å². The fraction of sp³-hybridized carbons (Fsp3) is 0.706. The number of imidazole rings is 1. The zero-order chi connectivity index (χ0) is 20.8. The second kappa shape index (κ2) is 9.72. The monoisotopic (exact) mass is 392 g/mol. The van der Waals surface area contributed by atoms with Gasteiger partial charge in [0, 0.05) is 13.6 Å². The van der Waals surface area contributed by atoms with Crippen LogP contribution in [0.15, 0.2) is 15.9 Å². The van der Waals surface area contributed by atoms with Crippen molar-refractivity contribution < 1.29 is 18.3 Å². The fourth-order valence-electron chi connectivity index (χ4n) is 2.26. The van der Waals surface area contributed by atoms with Gasteiger partial charge in [0.25, 0.3) is 5.56 Å². The molecule has 3 rings (SSSR count). The maximum absolute atomic E-state index is 12.2. The van der Waals surface area contributed by atoms with E-state index in [0.717, 1.165) is 12.8 Å². The number of nitrogens with zero attached hydrogens (tertiary/aromatic N) is 3.